The van der Waals surface area contributed by atoms with Gasteiger partial charge in [0.15, 0.2) is 0 Å². The van der Waals surface area contributed by atoms with E-state index < -0.39 is 10.0 Å². The first-order valence-corrected chi connectivity index (χ1v) is 10.8. The number of hydrogen-bond acceptors (Lipinski definition) is 4. The minimum absolute atomic E-state index is 0.249. The van der Waals surface area contributed by atoms with E-state index in [-0.39, 0.29) is 4.90 Å². The lowest BCUT2D eigenvalue weighted by atomic mass is 10.2. The molecule has 0 atom stereocenters. The van der Waals surface area contributed by atoms with Crippen molar-refractivity contribution >= 4 is 37.3 Å². The van der Waals surface area contributed by atoms with E-state index in [1.165, 1.54) is 5.56 Å². The fourth-order valence-corrected chi connectivity index (χ4v) is 4.78. The van der Waals surface area contributed by atoms with E-state index in [1.54, 1.807) is 47.7 Å². The first-order chi connectivity index (χ1) is 12.9. The number of sulfonamides is 1. The largest absolute Gasteiger partial charge is 0.280 e. The van der Waals surface area contributed by atoms with Gasteiger partial charge in [0.2, 0.25) is 0 Å². The first kappa shape index (κ1) is 17.7. The molecule has 0 aliphatic carbocycles. The Hall–Kier alpha value is -2.70. The van der Waals surface area contributed by atoms with Gasteiger partial charge in [-0.15, -0.1) is 11.3 Å². The zero-order valence-electron chi connectivity index (χ0n) is 14.9. The lowest BCUT2D eigenvalue weighted by Gasteiger charge is -2.08. The van der Waals surface area contributed by atoms with Crippen molar-refractivity contribution in [2.45, 2.75) is 18.7 Å². The second-order valence-electron chi connectivity index (χ2n) is 6.49. The number of benzene rings is 3. The molecule has 0 radical (unpaired) electrons. The number of anilines is 1. The van der Waals surface area contributed by atoms with E-state index in [9.17, 15) is 8.42 Å². The number of fused-ring (bicyclic) bond motifs is 1. The van der Waals surface area contributed by atoms with Gasteiger partial charge in [-0.25, -0.2) is 13.4 Å². The van der Waals surface area contributed by atoms with Crippen molar-refractivity contribution in [3.05, 3.63) is 77.9 Å². The Morgan fingerprint density at radius 3 is 2.22 bits per heavy atom. The van der Waals surface area contributed by atoms with E-state index in [0.717, 1.165) is 26.4 Å². The predicted molar refractivity (Wildman–Crippen MR) is 112 cm³/mol. The van der Waals surface area contributed by atoms with Crippen LogP contribution in [0.2, 0.25) is 0 Å². The molecule has 0 aliphatic heterocycles. The van der Waals surface area contributed by atoms with Crippen LogP contribution in [0.3, 0.4) is 0 Å². The summed E-state index contributed by atoms with van der Waals surface area (Å²) in [5.74, 6) is 0. The van der Waals surface area contributed by atoms with Crippen LogP contribution in [0, 0.1) is 13.8 Å². The molecule has 0 saturated carbocycles. The van der Waals surface area contributed by atoms with Gasteiger partial charge in [0.05, 0.1) is 15.1 Å². The summed E-state index contributed by atoms with van der Waals surface area (Å²) in [5, 5.41) is 0.920. The third-order valence-electron chi connectivity index (χ3n) is 4.26. The van der Waals surface area contributed by atoms with E-state index in [0.29, 0.717) is 5.69 Å². The van der Waals surface area contributed by atoms with Gasteiger partial charge in [0.1, 0.15) is 5.01 Å². The number of thiazole rings is 1. The smallest absolute Gasteiger partial charge is 0.261 e. The van der Waals surface area contributed by atoms with Crippen LogP contribution in [0.15, 0.2) is 71.6 Å². The van der Waals surface area contributed by atoms with E-state index in [4.69, 9.17) is 0 Å². The first-order valence-electron chi connectivity index (χ1n) is 8.48. The average molecular weight is 395 g/mol. The molecule has 4 rings (SSSR count). The Balaban J connectivity index is 1.58. The van der Waals surface area contributed by atoms with E-state index in [2.05, 4.69) is 27.9 Å². The third-order valence-corrected chi connectivity index (χ3v) is 6.74. The molecule has 1 aromatic heterocycles. The summed E-state index contributed by atoms with van der Waals surface area (Å²) in [7, 11) is -3.60. The van der Waals surface area contributed by atoms with Crippen LogP contribution >= 0.6 is 11.3 Å². The SMILES string of the molecule is Cc1ccc(S(=O)(=O)Nc2ccc(-c3nc4cc(C)ccc4s3)cc2)cc1. The molecular formula is C21H18N2O2S2. The van der Waals surface area contributed by atoms with Gasteiger partial charge in [0.25, 0.3) is 10.0 Å². The summed E-state index contributed by atoms with van der Waals surface area (Å²) in [4.78, 5) is 4.93. The van der Waals surface area contributed by atoms with Crippen LogP contribution in [0.4, 0.5) is 5.69 Å². The number of nitrogens with zero attached hydrogens (tertiary/aromatic N) is 1. The molecule has 0 bridgehead atoms. The lowest BCUT2D eigenvalue weighted by molar-refractivity contribution is 0.601. The van der Waals surface area contributed by atoms with Crippen LogP contribution in [0.5, 0.6) is 0 Å². The molecule has 0 aliphatic rings. The maximum Gasteiger partial charge on any atom is 0.261 e. The van der Waals surface area contributed by atoms with Crippen molar-refractivity contribution in [3.8, 4) is 10.6 Å². The molecule has 0 spiro atoms. The highest BCUT2D eigenvalue weighted by atomic mass is 32.2. The molecule has 4 nitrogen and oxygen atoms in total. The standard InChI is InChI=1S/C21H18N2O2S2/c1-14-3-10-18(11-4-14)27(24,25)23-17-8-6-16(7-9-17)21-22-19-13-15(2)5-12-20(19)26-21/h3-13,23H,1-2H3. The molecule has 27 heavy (non-hydrogen) atoms. The predicted octanol–water partition coefficient (Wildman–Crippen LogP) is 5.38. The second-order valence-corrected chi connectivity index (χ2v) is 9.20. The van der Waals surface area contributed by atoms with Crippen molar-refractivity contribution < 1.29 is 8.42 Å². The Bertz CT molecular complexity index is 1210. The minimum atomic E-state index is -3.60. The summed E-state index contributed by atoms with van der Waals surface area (Å²) in [5.41, 5.74) is 4.67. The highest BCUT2D eigenvalue weighted by molar-refractivity contribution is 7.92. The topological polar surface area (TPSA) is 59.1 Å². The molecule has 3 aromatic carbocycles. The Morgan fingerprint density at radius 2 is 1.52 bits per heavy atom. The molecule has 0 amide bonds. The van der Waals surface area contributed by atoms with Crippen molar-refractivity contribution in [3.63, 3.8) is 0 Å². The minimum Gasteiger partial charge on any atom is -0.280 e. The van der Waals surface area contributed by atoms with Gasteiger partial charge in [-0.05, 0) is 67.9 Å². The van der Waals surface area contributed by atoms with Gasteiger partial charge >= 0.3 is 0 Å². The molecule has 1 heterocycles. The number of aryl methyl sites for hydroxylation is 2. The number of rotatable bonds is 4. The molecule has 0 saturated heterocycles. The monoisotopic (exact) mass is 394 g/mol. The number of nitrogens with one attached hydrogen (secondary N) is 1. The molecule has 136 valence electrons. The fourth-order valence-electron chi connectivity index (χ4n) is 2.77. The van der Waals surface area contributed by atoms with Crippen LogP contribution < -0.4 is 4.72 Å². The molecule has 0 unspecified atom stereocenters. The van der Waals surface area contributed by atoms with Crippen LogP contribution in [-0.2, 0) is 10.0 Å². The highest BCUT2D eigenvalue weighted by Gasteiger charge is 2.14. The van der Waals surface area contributed by atoms with Gasteiger partial charge in [-0.2, -0.15) is 0 Å². The molecule has 6 heteroatoms. The van der Waals surface area contributed by atoms with Crippen molar-refractivity contribution in [2.24, 2.45) is 0 Å². The van der Waals surface area contributed by atoms with Gasteiger partial charge in [-0.1, -0.05) is 23.8 Å². The summed E-state index contributed by atoms with van der Waals surface area (Å²) in [6.45, 7) is 3.97. The zero-order chi connectivity index (χ0) is 19.0. The highest BCUT2D eigenvalue weighted by Crippen LogP contribution is 2.31. The summed E-state index contributed by atoms with van der Waals surface area (Å²) in [6, 6.07) is 20.3. The maximum absolute atomic E-state index is 12.5. The van der Waals surface area contributed by atoms with Gasteiger partial charge in [0, 0.05) is 11.3 Å². The molecule has 1 N–H and O–H groups in total. The fraction of sp³-hybridized carbons (Fsp3) is 0.0952. The van der Waals surface area contributed by atoms with Crippen LogP contribution in [0.25, 0.3) is 20.8 Å². The summed E-state index contributed by atoms with van der Waals surface area (Å²) >= 11 is 1.63. The maximum atomic E-state index is 12.5. The third kappa shape index (κ3) is 3.72. The van der Waals surface area contributed by atoms with Crippen LogP contribution in [0.1, 0.15) is 11.1 Å². The molecular weight excluding hydrogens is 376 g/mol. The molecule has 4 aromatic rings. The van der Waals surface area contributed by atoms with Gasteiger partial charge in [-0.3, -0.25) is 4.72 Å². The Labute approximate surface area is 162 Å². The Kier molecular flexibility index (Phi) is 4.45. The normalized spacial score (nSPS) is 11.6. The van der Waals surface area contributed by atoms with Crippen molar-refractivity contribution in [2.75, 3.05) is 4.72 Å². The summed E-state index contributed by atoms with van der Waals surface area (Å²) < 4.78 is 28.8. The molecule has 0 fully saturated rings. The quantitative estimate of drug-likeness (QED) is 0.505. The summed E-state index contributed by atoms with van der Waals surface area (Å²) in [6.07, 6.45) is 0. The second kappa shape index (κ2) is 6.79. The van der Waals surface area contributed by atoms with Crippen molar-refractivity contribution in [1.82, 2.24) is 4.98 Å². The van der Waals surface area contributed by atoms with Gasteiger partial charge < -0.3 is 0 Å². The zero-order valence-corrected chi connectivity index (χ0v) is 16.6. The number of aromatic nitrogens is 1. The van der Waals surface area contributed by atoms with Crippen molar-refractivity contribution in [1.29, 1.82) is 0 Å². The lowest BCUT2D eigenvalue weighted by Crippen LogP contribution is -2.12. The Morgan fingerprint density at radius 1 is 0.852 bits per heavy atom. The van der Waals surface area contributed by atoms with E-state index in [1.807, 2.05) is 26.0 Å². The number of hydrogen-bond donors (Lipinski definition) is 1. The van der Waals surface area contributed by atoms with E-state index >= 15 is 0 Å². The van der Waals surface area contributed by atoms with Crippen LogP contribution in [-0.4, -0.2) is 13.4 Å². The average Bonchev–Trinajstić information content (AvgIpc) is 3.05.